The number of carbonyl (C=O) groups excluding carboxylic acids is 2. The second kappa shape index (κ2) is 8.11. The van der Waals surface area contributed by atoms with Crippen molar-refractivity contribution in [2.24, 2.45) is 5.92 Å². The summed E-state index contributed by atoms with van der Waals surface area (Å²) in [7, 11) is 0. The molecule has 1 aromatic heterocycles. The number of benzene rings is 2. The van der Waals surface area contributed by atoms with E-state index in [1.54, 1.807) is 12.1 Å². The van der Waals surface area contributed by atoms with E-state index in [-0.39, 0.29) is 12.4 Å². The second-order valence-corrected chi connectivity index (χ2v) is 8.49. The van der Waals surface area contributed by atoms with Crippen LogP contribution in [0.3, 0.4) is 0 Å². The van der Waals surface area contributed by atoms with E-state index >= 15 is 0 Å². The maximum atomic E-state index is 12.4. The number of carbonyl (C=O) groups is 2. The molecule has 4 rings (SSSR count). The largest absolute Gasteiger partial charge is 0.453 e. The molecule has 1 atom stereocenters. The van der Waals surface area contributed by atoms with Gasteiger partial charge in [0.25, 0.3) is 0 Å². The molecule has 28 heavy (non-hydrogen) atoms. The zero-order valence-electron chi connectivity index (χ0n) is 15.8. The topological polar surface area (TPSA) is 43.4 Å². The summed E-state index contributed by atoms with van der Waals surface area (Å²) < 4.78 is 5.29. The first-order valence-corrected chi connectivity index (χ1v) is 10.4. The van der Waals surface area contributed by atoms with Crippen LogP contribution in [0.5, 0.6) is 0 Å². The van der Waals surface area contributed by atoms with Crippen molar-refractivity contribution in [2.45, 2.75) is 26.2 Å². The van der Waals surface area contributed by atoms with Crippen LogP contribution in [0.25, 0.3) is 11.1 Å². The number of rotatable bonds is 5. The van der Waals surface area contributed by atoms with E-state index in [4.69, 9.17) is 4.74 Å². The van der Waals surface area contributed by atoms with Gasteiger partial charge in [0.1, 0.15) is 4.88 Å². The SMILES string of the molecule is C[C@@H]1CCc2sc(C(=O)OCC(=O)c3ccc(-c4ccccc4)cc3)cc2C1. The standard InChI is InChI=1S/C24H22O3S/c1-16-7-12-22-20(13-16)14-23(28-22)24(26)27-15-21(25)19-10-8-18(9-11-19)17-5-3-2-4-6-17/h2-6,8-11,14,16H,7,12-13,15H2,1H3/t16-/m1/s1. The van der Waals surface area contributed by atoms with Crippen molar-refractivity contribution in [2.75, 3.05) is 6.61 Å². The predicted molar refractivity (Wildman–Crippen MR) is 112 cm³/mol. The lowest BCUT2D eigenvalue weighted by Gasteiger charge is -2.16. The van der Waals surface area contributed by atoms with Gasteiger partial charge in [-0.05, 0) is 47.9 Å². The van der Waals surface area contributed by atoms with E-state index in [2.05, 4.69) is 6.92 Å². The van der Waals surface area contributed by atoms with E-state index in [9.17, 15) is 9.59 Å². The molecule has 0 aliphatic heterocycles. The number of aryl methyl sites for hydroxylation is 1. The molecule has 0 bridgehead atoms. The van der Waals surface area contributed by atoms with Crippen LogP contribution in [0, 0.1) is 5.92 Å². The average molecular weight is 391 g/mol. The van der Waals surface area contributed by atoms with Gasteiger partial charge in [0.05, 0.1) is 0 Å². The highest BCUT2D eigenvalue weighted by Crippen LogP contribution is 2.32. The van der Waals surface area contributed by atoms with Crippen LogP contribution < -0.4 is 0 Å². The van der Waals surface area contributed by atoms with Crippen LogP contribution in [0.2, 0.25) is 0 Å². The number of hydrogen-bond donors (Lipinski definition) is 0. The van der Waals surface area contributed by atoms with Crippen molar-refractivity contribution in [3.8, 4) is 11.1 Å². The molecular formula is C24H22O3S. The Hall–Kier alpha value is -2.72. The molecule has 0 spiro atoms. The minimum absolute atomic E-state index is 0.192. The van der Waals surface area contributed by atoms with E-state index in [1.807, 2.05) is 48.5 Å². The van der Waals surface area contributed by atoms with Crippen LogP contribution in [0.4, 0.5) is 0 Å². The van der Waals surface area contributed by atoms with Gasteiger partial charge >= 0.3 is 5.97 Å². The number of Topliss-reactive ketones (excluding diaryl/α,β-unsaturated/α-hetero) is 1. The molecule has 0 unspecified atom stereocenters. The van der Waals surface area contributed by atoms with E-state index in [0.717, 1.165) is 24.0 Å². The maximum absolute atomic E-state index is 12.4. The van der Waals surface area contributed by atoms with Gasteiger partial charge in [0, 0.05) is 10.4 Å². The fourth-order valence-electron chi connectivity index (χ4n) is 3.57. The van der Waals surface area contributed by atoms with Crippen LogP contribution in [-0.2, 0) is 17.6 Å². The van der Waals surface area contributed by atoms with Crippen LogP contribution in [0.1, 0.15) is 43.8 Å². The predicted octanol–water partition coefficient (Wildman–Crippen LogP) is 5.58. The number of fused-ring (bicyclic) bond motifs is 1. The molecule has 142 valence electrons. The van der Waals surface area contributed by atoms with Crippen molar-refractivity contribution in [3.63, 3.8) is 0 Å². The summed E-state index contributed by atoms with van der Waals surface area (Å²) in [6.45, 7) is 2.00. The minimum Gasteiger partial charge on any atom is -0.453 e. The van der Waals surface area contributed by atoms with E-state index in [1.165, 1.54) is 28.2 Å². The summed E-state index contributed by atoms with van der Waals surface area (Å²) in [6, 6.07) is 19.3. The smallest absolute Gasteiger partial charge is 0.348 e. The highest BCUT2D eigenvalue weighted by molar-refractivity contribution is 7.14. The lowest BCUT2D eigenvalue weighted by molar-refractivity contribution is 0.0479. The van der Waals surface area contributed by atoms with Gasteiger partial charge in [-0.15, -0.1) is 11.3 Å². The fourth-order valence-corrected chi connectivity index (χ4v) is 4.67. The van der Waals surface area contributed by atoms with Crippen LogP contribution in [0.15, 0.2) is 60.7 Å². The number of ether oxygens (including phenoxy) is 1. The number of hydrogen-bond acceptors (Lipinski definition) is 4. The Morgan fingerprint density at radius 1 is 1.04 bits per heavy atom. The Morgan fingerprint density at radius 3 is 2.50 bits per heavy atom. The highest BCUT2D eigenvalue weighted by atomic mass is 32.1. The molecule has 1 aliphatic carbocycles. The van der Waals surface area contributed by atoms with Gasteiger partial charge < -0.3 is 4.74 Å². The summed E-state index contributed by atoms with van der Waals surface area (Å²) >= 11 is 1.51. The molecule has 1 heterocycles. The molecule has 3 aromatic rings. The summed E-state index contributed by atoms with van der Waals surface area (Å²) in [5.41, 5.74) is 3.96. The summed E-state index contributed by atoms with van der Waals surface area (Å²) in [5.74, 6) is 0.0654. The van der Waals surface area contributed by atoms with Crippen LogP contribution >= 0.6 is 11.3 Å². The van der Waals surface area contributed by atoms with Crippen molar-refractivity contribution in [3.05, 3.63) is 81.5 Å². The highest BCUT2D eigenvalue weighted by Gasteiger charge is 2.22. The van der Waals surface area contributed by atoms with Crippen molar-refractivity contribution in [1.29, 1.82) is 0 Å². The van der Waals surface area contributed by atoms with Gasteiger partial charge in [-0.2, -0.15) is 0 Å². The normalized spacial score (nSPS) is 15.7. The molecule has 4 heteroatoms. The van der Waals surface area contributed by atoms with Crippen molar-refractivity contribution < 1.29 is 14.3 Å². The van der Waals surface area contributed by atoms with E-state index < -0.39 is 5.97 Å². The lowest BCUT2D eigenvalue weighted by atomic mass is 9.90. The molecule has 0 amide bonds. The van der Waals surface area contributed by atoms with Gasteiger partial charge in [-0.25, -0.2) is 4.79 Å². The third kappa shape index (κ3) is 4.07. The minimum atomic E-state index is -0.402. The molecule has 0 fully saturated rings. The summed E-state index contributed by atoms with van der Waals surface area (Å²) in [6.07, 6.45) is 3.21. The Kier molecular flexibility index (Phi) is 5.40. The van der Waals surface area contributed by atoms with Gasteiger partial charge in [0.2, 0.25) is 0 Å². The summed E-state index contributed by atoms with van der Waals surface area (Å²) in [4.78, 5) is 26.6. The Labute approximate surface area is 169 Å². The zero-order chi connectivity index (χ0) is 19.5. The van der Waals surface area contributed by atoms with Gasteiger partial charge in [0.15, 0.2) is 12.4 Å². The number of ketones is 1. The maximum Gasteiger partial charge on any atom is 0.348 e. The second-order valence-electron chi connectivity index (χ2n) is 7.35. The molecular weight excluding hydrogens is 368 g/mol. The van der Waals surface area contributed by atoms with Gasteiger partial charge in [-0.1, -0.05) is 61.5 Å². The average Bonchev–Trinajstić information content (AvgIpc) is 3.16. The molecule has 0 saturated carbocycles. The third-order valence-corrected chi connectivity index (χ3v) is 6.40. The quantitative estimate of drug-likeness (QED) is 0.422. The van der Waals surface area contributed by atoms with Crippen LogP contribution in [-0.4, -0.2) is 18.4 Å². The first-order chi connectivity index (χ1) is 13.6. The Balaban J connectivity index is 1.37. The zero-order valence-corrected chi connectivity index (χ0v) is 16.6. The van der Waals surface area contributed by atoms with Gasteiger partial charge in [-0.3, -0.25) is 4.79 Å². The Bertz CT molecular complexity index is 986. The fraction of sp³-hybridized carbons (Fsp3) is 0.250. The molecule has 3 nitrogen and oxygen atoms in total. The monoisotopic (exact) mass is 390 g/mol. The van der Waals surface area contributed by atoms with Crippen molar-refractivity contribution >= 4 is 23.1 Å². The Morgan fingerprint density at radius 2 is 1.75 bits per heavy atom. The molecule has 0 radical (unpaired) electrons. The number of esters is 1. The summed E-state index contributed by atoms with van der Waals surface area (Å²) in [5, 5.41) is 0. The number of thiophene rings is 1. The first kappa shape index (κ1) is 18.6. The van der Waals surface area contributed by atoms with E-state index in [0.29, 0.717) is 16.4 Å². The lowest BCUT2D eigenvalue weighted by Crippen LogP contribution is -2.13. The first-order valence-electron chi connectivity index (χ1n) is 9.57. The molecule has 0 saturated heterocycles. The molecule has 0 N–H and O–H groups in total. The molecule has 1 aliphatic rings. The third-order valence-electron chi connectivity index (χ3n) is 5.18. The molecule has 2 aromatic carbocycles. The van der Waals surface area contributed by atoms with Crippen molar-refractivity contribution in [1.82, 2.24) is 0 Å².